The van der Waals surface area contributed by atoms with Crippen molar-refractivity contribution in [1.82, 2.24) is 4.98 Å². The minimum absolute atomic E-state index is 0.0343. The van der Waals surface area contributed by atoms with Gasteiger partial charge in [-0.25, -0.2) is 4.98 Å². The number of carbonyl (C=O) groups is 2. The van der Waals surface area contributed by atoms with Gasteiger partial charge in [0, 0.05) is 40.6 Å². The number of nitrogens with one attached hydrogen (secondary N) is 1. The zero-order valence-electron chi connectivity index (χ0n) is 16.1. The van der Waals surface area contributed by atoms with Crippen LogP contribution < -0.4 is 11.1 Å². The molecule has 1 aliphatic carbocycles. The van der Waals surface area contributed by atoms with Crippen molar-refractivity contribution in [1.29, 1.82) is 0 Å². The number of pyridine rings is 1. The summed E-state index contributed by atoms with van der Waals surface area (Å²) in [4.78, 5) is 29.3. The number of fused-ring (bicyclic) bond motifs is 2. The Morgan fingerprint density at radius 1 is 0.867 bits per heavy atom. The number of aliphatic hydroxyl groups is 1. The molecule has 6 heteroatoms. The number of Topliss-reactive ketones (excluding diaryl/α,β-unsaturated/α-hetero) is 2. The molecule has 0 radical (unpaired) electrons. The van der Waals surface area contributed by atoms with Gasteiger partial charge in [-0.15, -0.1) is 0 Å². The van der Waals surface area contributed by atoms with E-state index in [4.69, 9.17) is 10.7 Å². The molecule has 6 nitrogen and oxygen atoms in total. The highest BCUT2D eigenvalue weighted by Crippen LogP contribution is 2.38. The summed E-state index contributed by atoms with van der Waals surface area (Å²) < 4.78 is 0. The van der Waals surface area contributed by atoms with Crippen LogP contribution in [0.2, 0.25) is 0 Å². The first-order chi connectivity index (χ1) is 14.5. The second kappa shape index (κ2) is 6.64. The van der Waals surface area contributed by atoms with Crippen LogP contribution in [0.5, 0.6) is 0 Å². The summed E-state index contributed by atoms with van der Waals surface area (Å²) in [6.45, 7) is 0. The Bertz CT molecular complexity index is 1280. The van der Waals surface area contributed by atoms with Crippen molar-refractivity contribution in [3.63, 3.8) is 0 Å². The van der Waals surface area contributed by atoms with Gasteiger partial charge in [0.05, 0.1) is 16.7 Å². The number of carbonyl (C=O) groups excluding carboxylic acids is 2. The molecular weight excluding hydrogens is 378 g/mol. The smallest absolute Gasteiger partial charge is 0.207 e. The Morgan fingerprint density at radius 3 is 2.03 bits per heavy atom. The topological polar surface area (TPSA) is 105 Å². The Labute approximate surface area is 172 Å². The van der Waals surface area contributed by atoms with Crippen LogP contribution in [-0.2, 0) is 15.2 Å². The number of para-hydroxylation sites is 2. The quantitative estimate of drug-likeness (QED) is 0.276. The summed E-state index contributed by atoms with van der Waals surface area (Å²) in [5.41, 5.74) is 7.56. The number of aromatic nitrogens is 1. The van der Waals surface area contributed by atoms with Crippen LogP contribution in [0.1, 0.15) is 18.4 Å². The molecular formula is C24H19N3O3. The van der Waals surface area contributed by atoms with E-state index in [0.29, 0.717) is 11.4 Å². The molecule has 0 atom stereocenters. The summed E-state index contributed by atoms with van der Waals surface area (Å²) in [6, 6.07) is 20.4. The van der Waals surface area contributed by atoms with Gasteiger partial charge in [-0.1, -0.05) is 36.4 Å². The van der Waals surface area contributed by atoms with E-state index < -0.39 is 17.2 Å². The highest BCUT2D eigenvalue weighted by molar-refractivity contribution is 6.16. The molecule has 0 unspecified atom stereocenters. The summed E-state index contributed by atoms with van der Waals surface area (Å²) >= 11 is 0. The number of nitrogen functional groups attached to an aromatic ring is 1. The summed E-state index contributed by atoms with van der Waals surface area (Å²) in [5.74, 6) is -0.993. The first kappa shape index (κ1) is 18.3. The minimum Gasteiger partial charge on any atom is -0.399 e. The highest BCUT2D eigenvalue weighted by atomic mass is 16.3. The molecule has 1 fully saturated rings. The maximum Gasteiger partial charge on any atom is 0.207 e. The molecule has 1 aromatic heterocycles. The number of anilines is 3. The number of benzene rings is 3. The van der Waals surface area contributed by atoms with Crippen molar-refractivity contribution < 1.29 is 14.7 Å². The zero-order valence-corrected chi connectivity index (χ0v) is 16.1. The Morgan fingerprint density at radius 2 is 1.43 bits per heavy atom. The SMILES string of the molecule is Nc1cc(Nc2c3ccccc3nc3ccccc23)cc(C2(O)C(=O)CCC2=O)c1. The fourth-order valence-electron chi connectivity index (χ4n) is 4.12. The average Bonchev–Trinajstić information content (AvgIpc) is 3.01. The number of ketones is 2. The fraction of sp³-hybridized carbons (Fsp3) is 0.125. The lowest BCUT2D eigenvalue weighted by molar-refractivity contribution is -0.145. The van der Waals surface area contributed by atoms with Crippen LogP contribution in [0.3, 0.4) is 0 Å². The maximum absolute atomic E-state index is 12.3. The molecule has 4 aromatic rings. The molecule has 0 bridgehead atoms. The fourth-order valence-corrected chi connectivity index (χ4v) is 4.12. The van der Waals surface area contributed by atoms with Gasteiger partial charge in [0.15, 0.2) is 11.6 Å². The molecule has 1 saturated carbocycles. The lowest BCUT2D eigenvalue weighted by atomic mass is 9.89. The third-order valence-electron chi connectivity index (χ3n) is 5.62. The Kier molecular flexibility index (Phi) is 4.04. The van der Waals surface area contributed by atoms with E-state index in [1.807, 2.05) is 48.5 Å². The van der Waals surface area contributed by atoms with Crippen LogP contribution in [0.25, 0.3) is 21.8 Å². The van der Waals surface area contributed by atoms with Crippen LogP contribution in [0.4, 0.5) is 17.1 Å². The van der Waals surface area contributed by atoms with Crippen molar-refractivity contribution >= 4 is 50.4 Å². The third-order valence-corrected chi connectivity index (χ3v) is 5.62. The molecule has 148 valence electrons. The Hall–Kier alpha value is -3.77. The van der Waals surface area contributed by atoms with E-state index in [1.165, 1.54) is 6.07 Å². The largest absolute Gasteiger partial charge is 0.399 e. The van der Waals surface area contributed by atoms with Gasteiger partial charge in [0.1, 0.15) is 0 Å². The second-order valence-corrected chi connectivity index (χ2v) is 7.55. The predicted octanol–water partition coefficient (Wildman–Crippen LogP) is 3.83. The maximum atomic E-state index is 12.3. The molecule has 0 aliphatic heterocycles. The first-order valence-corrected chi connectivity index (χ1v) is 9.71. The monoisotopic (exact) mass is 397 g/mol. The van der Waals surface area contributed by atoms with Gasteiger partial charge in [-0.05, 0) is 30.3 Å². The van der Waals surface area contributed by atoms with Crippen LogP contribution in [0.15, 0.2) is 66.7 Å². The van der Waals surface area contributed by atoms with Crippen molar-refractivity contribution in [2.75, 3.05) is 11.1 Å². The lowest BCUT2D eigenvalue weighted by Crippen LogP contribution is -2.37. The molecule has 1 heterocycles. The molecule has 1 aliphatic rings. The highest BCUT2D eigenvalue weighted by Gasteiger charge is 2.49. The van der Waals surface area contributed by atoms with E-state index in [9.17, 15) is 14.7 Å². The van der Waals surface area contributed by atoms with Crippen LogP contribution in [-0.4, -0.2) is 21.7 Å². The number of nitrogens with zero attached hydrogens (tertiary/aromatic N) is 1. The van der Waals surface area contributed by atoms with E-state index in [0.717, 1.165) is 27.5 Å². The number of rotatable bonds is 3. The van der Waals surface area contributed by atoms with Crippen LogP contribution in [0, 0.1) is 0 Å². The second-order valence-electron chi connectivity index (χ2n) is 7.55. The molecule has 3 aromatic carbocycles. The van der Waals surface area contributed by atoms with Crippen molar-refractivity contribution in [2.24, 2.45) is 0 Å². The lowest BCUT2D eigenvalue weighted by Gasteiger charge is -2.21. The van der Waals surface area contributed by atoms with E-state index in [-0.39, 0.29) is 18.4 Å². The van der Waals surface area contributed by atoms with Gasteiger partial charge in [-0.2, -0.15) is 0 Å². The van der Waals surface area contributed by atoms with Crippen molar-refractivity contribution in [3.05, 3.63) is 72.3 Å². The summed E-state index contributed by atoms with van der Waals surface area (Å²) in [6.07, 6.45) is 0.0685. The van der Waals surface area contributed by atoms with Crippen molar-refractivity contribution in [2.45, 2.75) is 18.4 Å². The number of hydrogen-bond donors (Lipinski definition) is 3. The van der Waals surface area contributed by atoms with Gasteiger partial charge in [0.2, 0.25) is 5.60 Å². The molecule has 30 heavy (non-hydrogen) atoms. The van der Waals surface area contributed by atoms with E-state index >= 15 is 0 Å². The van der Waals surface area contributed by atoms with Gasteiger partial charge >= 0.3 is 0 Å². The molecule has 4 N–H and O–H groups in total. The standard InChI is InChI=1S/C24H19N3O3/c25-15-11-14(24(30)21(28)9-10-22(24)29)12-16(13-15)26-23-17-5-1-3-7-19(17)27-20-8-4-2-6-18(20)23/h1-8,11-13,30H,9-10,25H2,(H,26,27). The molecule has 5 rings (SSSR count). The first-order valence-electron chi connectivity index (χ1n) is 9.71. The third kappa shape index (κ3) is 2.73. The van der Waals surface area contributed by atoms with Crippen LogP contribution >= 0.6 is 0 Å². The molecule has 0 amide bonds. The summed E-state index contributed by atoms with van der Waals surface area (Å²) in [7, 11) is 0. The minimum atomic E-state index is -2.13. The number of hydrogen-bond acceptors (Lipinski definition) is 6. The zero-order chi connectivity index (χ0) is 20.9. The van der Waals surface area contributed by atoms with Gasteiger partial charge < -0.3 is 16.2 Å². The van der Waals surface area contributed by atoms with Crippen molar-refractivity contribution in [3.8, 4) is 0 Å². The summed E-state index contributed by atoms with van der Waals surface area (Å²) in [5, 5.41) is 16.1. The van der Waals surface area contributed by atoms with Gasteiger partial charge in [-0.3, -0.25) is 9.59 Å². The number of nitrogens with two attached hydrogens (primary N) is 1. The van der Waals surface area contributed by atoms with E-state index in [1.54, 1.807) is 12.1 Å². The van der Waals surface area contributed by atoms with E-state index in [2.05, 4.69) is 5.32 Å². The van der Waals surface area contributed by atoms with Gasteiger partial charge in [0.25, 0.3) is 0 Å². The Balaban J connectivity index is 1.68. The molecule has 0 spiro atoms. The molecule has 0 saturated heterocycles. The average molecular weight is 397 g/mol. The normalized spacial score (nSPS) is 15.8. The predicted molar refractivity (Wildman–Crippen MR) is 117 cm³/mol.